The van der Waals surface area contributed by atoms with Gasteiger partial charge in [-0.15, -0.1) is 0 Å². The summed E-state index contributed by atoms with van der Waals surface area (Å²) < 4.78 is 0. The van der Waals surface area contributed by atoms with Crippen LogP contribution in [0.15, 0.2) is 24.3 Å². The van der Waals surface area contributed by atoms with Gasteiger partial charge in [0.15, 0.2) is 0 Å². The van der Waals surface area contributed by atoms with Crippen LogP contribution in [-0.4, -0.2) is 4.98 Å². The molecule has 0 aliphatic heterocycles. The molecule has 3 N–H and O–H groups in total. The maximum atomic E-state index is 5.69. The third-order valence-electron chi connectivity index (χ3n) is 3.85. The molecule has 0 atom stereocenters. The van der Waals surface area contributed by atoms with Crippen molar-refractivity contribution in [1.82, 2.24) is 4.98 Å². The van der Waals surface area contributed by atoms with Crippen molar-refractivity contribution < 1.29 is 0 Å². The zero-order chi connectivity index (χ0) is 13.6. The van der Waals surface area contributed by atoms with Gasteiger partial charge in [-0.25, -0.2) is 0 Å². The van der Waals surface area contributed by atoms with E-state index in [4.69, 9.17) is 10.8 Å². The molecule has 1 aliphatic carbocycles. The number of nitrogen functional groups attached to an aromatic ring is 1. The van der Waals surface area contributed by atoms with Gasteiger partial charge in [0.2, 0.25) is 0 Å². The van der Waals surface area contributed by atoms with E-state index in [9.17, 15) is 0 Å². The third kappa shape index (κ3) is 2.30. The Morgan fingerprint density at radius 1 is 1.21 bits per heavy atom. The molecule has 0 bridgehead atoms. The van der Waals surface area contributed by atoms with E-state index in [1.165, 1.54) is 24.1 Å². The lowest BCUT2D eigenvalue weighted by molar-refractivity contribution is 0.591. The summed E-state index contributed by atoms with van der Waals surface area (Å²) in [6, 6.07) is 8.59. The van der Waals surface area contributed by atoms with Crippen molar-refractivity contribution in [3.05, 3.63) is 35.5 Å². The number of hydrogen-bond acceptors (Lipinski definition) is 3. The second kappa shape index (κ2) is 4.20. The van der Waals surface area contributed by atoms with Gasteiger partial charge in [0.1, 0.15) is 0 Å². The van der Waals surface area contributed by atoms with E-state index >= 15 is 0 Å². The van der Waals surface area contributed by atoms with Crippen LogP contribution < -0.4 is 11.3 Å². The summed E-state index contributed by atoms with van der Waals surface area (Å²) in [4.78, 5) is 4.77. The van der Waals surface area contributed by atoms with Crippen LogP contribution in [0.1, 0.15) is 50.8 Å². The van der Waals surface area contributed by atoms with Crippen molar-refractivity contribution >= 4 is 16.6 Å². The normalized spacial score (nSPS) is 15.8. The summed E-state index contributed by atoms with van der Waals surface area (Å²) >= 11 is 0. The first-order valence-electron chi connectivity index (χ1n) is 6.91. The highest BCUT2D eigenvalue weighted by atomic mass is 15.2. The fourth-order valence-electron chi connectivity index (χ4n) is 2.42. The topological polar surface area (TPSA) is 50.9 Å². The van der Waals surface area contributed by atoms with Gasteiger partial charge in [0, 0.05) is 17.0 Å². The van der Waals surface area contributed by atoms with Crippen LogP contribution in [0.2, 0.25) is 0 Å². The monoisotopic (exact) mass is 255 g/mol. The van der Waals surface area contributed by atoms with E-state index in [1.54, 1.807) is 0 Å². The van der Waals surface area contributed by atoms with Crippen molar-refractivity contribution in [3.63, 3.8) is 0 Å². The van der Waals surface area contributed by atoms with Gasteiger partial charge < -0.3 is 5.43 Å². The standard InChI is InChI=1S/C16H21N3/c1-16(2,3)11-6-7-13-12(8-11)15(19-17)9-14(18-13)10-4-5-10/h6-10H,4-5,17H2,1-3H3,(H,18,19). The van der Waals surface area contributed by atoms with Crippen molar-refractivity contribution in [2.24, 2.45) is 5.84 Å². The van der Waals surface area contributed by atoms with Crippen molar-refractivity contribution in [2.45, 2.75) is 44.9 Å². The first-order valence-corrected chi connectivity index (χ1v) is 6.91. The SMILES string of the molecule is CC(C)(C)c1ccc2nc(C3CC3)cc(NN)c2c1. The zero-order valence-corrected chi connectivity index (χ0v) is 11.8. The highest BCUT2D eigenvalue weighted by Gasteiger charge is 2.26. The first kappa shape index (κ1) is 12.4. The molecule has 0 amide bonds. The van der Waals surface area contributed by atoms with Gasteiger partial charge in [0.25, 0.3) is 0 Å². The Morgan fingerprint density at radius 2 is 1.95 bits per heavy atom. The maximum absolute atomic E-state index is 5.69. The van der Waals surface area contributed by atoms with E-state index < -0.39 is 0 Å². The van der Waals surface area contributed by atoms with E-state index in [2.05, 4.69) is 50.5 Å². The molecule has 0 unspecified atom stereocenters. The second-order valence-electron chi connectivity index (χ2n) is 6.50. The molecule has 19 heavy (non-hydrogen) atoms. The van der Waals surface area contributed by atoms with Gasteiger partial charge in [-0.3, -0.25) is 10.8 Å². The van der Waals surface area contributed by atoms with E-state index in [0.717, 1.165) is 16.6 Å². The number of hydrazine groups is 1. The number of benzene rings is 1. The highest BCUT2D eigenvalue weighted by molar-refractivity contribution is 5.92. The molecule has 1 saturated carbocycles. The van der Waals surface area contributed by atoms with E-state index in [0.29, 0.717) is 5.92 Å². The van der Waals surface area contributed by atoms with Crippen LogP contribution >= 0.6 is 0 Å². The van der Waals surface area contributed by atoms with Crippen molar-refractivity contribution in [3.8, 4) is 0 Å². The summed E-state index contributed by atoms with van der Waals surface area (Å²) in [5.41, 5.74) is 7.46. The lowest BCUT2D eigenvalue weighted by atomic mass is 9.86. The first-order chi connectivity index (χ1) is 8.99. The number of nitrogens with one attached hydrogen (secondary N) is 1. The van der Waals surface area contributed by atoms with E-state index in [1.807, 2.05) is 0 Å². The Bertz CT molecular complexity index is 622. The maximum Gasteiger partial charge on any atom is 0.0726 e. The molecular weight excluding hydrogens is 234 g/mol. The molecule has 0 saturated heterocycles. The van der Waals surface area contributed by atoms with Crippen molar-refractivity contribution in [2.75, 3.05) is 5.43 Å². The Morgan fingerprint density at radius 3 is 2.53 bits per heavy atom. The molecule has 3 rings (SSSR count). The molecule has 2 aromatic rings. The number of nitrogens with two attached hydrogens (primary N) is 1. The van der Waals surface area contributed by atoms with Crippen LogP contribution in [0.3, 0.4) is 0 Å². The molecule has 0 radical (unpaired) electrons. The number of hydrogen-bond donors (Lipinski definition) is 2. The van der Waals surface area contributed by atoms with Crippen LogP contribution in [0.5, 0.6) is 0 Å². The zero-order valence-electron chi connectivity index (χ0n) is 11.8. The molecule has 0 spiro atoms. The van der Waals surface area contributed by atoms with Gasteiger partial charge >= 0.3 is 0 Å². The molecule has 3 heteroatoms. The lowest BCUT2D eigenvalue weighted by Crippen LogP contribution is -2.12. The minimum atomic E-state index is 0.134. The number of nitrogens with zero attached hydrogens (tertiary/aromatic N) is 1. The van der Waals surface area contributed by atoms with Crippen molar-refractivity contribution in [1.29, 1.82) is 0 Å². The predicted octanol–water partition coefficient (Wildman–Crippen LogP) is 3.70. The average molecular weight is 255 g/mol. The molecule has 1 heterocycles. The summed E-state index contributed by atoms with van der Waals surface area (Å²) in [6.45, 7) is 6.65. The molecule has 1 aromatic heterocycles. The number of anilines is 1. The fraction of sp³-hybridized carbons (Fsp3) is 0.438. The van der Waals surface area contributed by atoms with Crippen LogP contribution in [0.4, 0.5) is 5.69 Å². The number of aromatic nitrogens is 1. The summed E-state index contributed by atoms with van der Waals surface area (Å²) in [6.07, 6.45) is 2.51. The minimum Gasteiger partial charge on any atom is -0.323 e. The number of fused-ring (bicyclic) bond motifs is 1. The molecular formula is C16H21N3. The Kier molecular flexibility index (Phi) is 2.75. The van der Waals surface area contributed by atoms with Crippen LogP contribution in [0, 0.1) is 0 Å². The average Bonchev–Trinajstić information content (AvgIpc) is 3.19. The third-order valence-corrected chi connectivity index (χ3v) is 3.85. The van der Waals surface area contributed by atoms with Crippen LogP contribution in [-0.2, 0) is 5.41 Å². The van der Waals surface area contributed by atoms with E-state index in [-0.39, 0.29) is 5.41 Å². The predicted molar refractivity (Wildman–Crippen MR) is 80.2 cm³/mol. The quantitative estimate of drug-likeness (QED) is 0.635. The largest absolute Gasteiger partial charge is 0.323 e. The summed E-state index contributed by atoms with van der Waals surface area (Å²) in [5, 5.41) is 1.11. The number of pyridine rings is 1. The lowest BCUT2D eigenvalue weighted by Gasteiger charge is -2.20. The van der Waals surface area contributed by atoms with Gasteiger partial charge in [-0.2, -0.15) is 0 Å². The van der Waals surface area contributed by atoms with Crippen LogP contribution in [0.25, 0.3) is 10.9 Å². The molecule has 3 nitrogen and oxygen atoms in total. The Labute approximate surface area is 114 Å². The molecule has 100 valence electrons. The smallest absolute Gasteiger partial charge is 0.0726 e. The second-order valence-corrected chi connectivity index (χ2v) is 6.50. The highest BCUT2D eigenvalue weighted by Crippen LogP contribution is 2.41. The summed E-state index contributed by atoms with van der Waals surface area (Å²) in [7, 11) is 0. The molecule has 1 fully saturated rings. The Balaban J connectivity index is 2.19. The molecule has 1 aromatic carbocycles. The van der Waals surface area contributed by atoms with Gasteiger partial charge in [-0.1, -0.05) is 26.8 Å². The van der Waals surface area contributed by atoms with Gasteiger partial charge in [-0.05, 0) is 42.0 Å². The molecule has 1 aliphatic rings. The fourth-order valence-corrected chi connectivity index (χ4v) is 2.42. The summed E-state index contributed by atoms with van der Waals surface area (Å²) in [5.74, 6) is 6.32. The van der Waals surface area contributed by atoms with Gasteiger partial charge in [0.05, 0.1) is 11.2 Å². The Hall–Kier alpha value is -1.61. The number of rotatable bonds is 2. The minimum absolute atomic E-state index is 0.134.